The maximum absolute atomic E-state index is 12.8. The van der Waals surface area contributed by atoms with Crippen LogP contribution in [0.3, 0.4) is 0 Å². The molecule has 0 atom stereocenters. The lowest BCUT2D eigenvalue weighted by molar-refractivity contribution is 0.0648. The number of carbonyl (C=O) groups excluding carboxylic acids is 2. The zero-order chi connectivity index (χ0) is 18.1. The van der Waals surface area contributed by atoms with E-state index in [4.69, 9.17) is 4.42 Å². The molecule has 1 aliphatic rings. The molecule has 1 N–H and O–H groups in total. The second-order valence-corrected chi connectivity index (χ2v) is 7.17. The highest BCUT2D eigenvalue weighted by atomic mass is 79.9. The van der Waals surface area contributed by atoms with E-state index in [2.05, 4.69) is 15.9 Å². The Balaban J connectivity index is 1.66. The minimum absolute atomic E-state index is 0.0586. The Hall–Kier alpha value is -2.08. The minimum atomic E-state index is -0.0933. The fourth-order valence-corrected chi connectivity index (χ4v) is 3.79. The molecule has 0 radical (unpaired) electrons. The number of likely N-dealkylation sites (tertiary alicyclic amines) is 1. The number of ketones is 1. The molecule has 1 aromatic carbocycles. The van der Waals surface area contributed by atoms with Gasteiger partial charge in [-0.3, -0.25) is 9.59 Å². The normalized spacial score (nSPS) is 15.4. The Bertz CT molecular complexity index is 802. The highest BCUT2D eigenvalue weighted by molar-refractivity contribution is 9.10. The lowest BCUT2D eigenvalue weighted by Gasteiger charge is -2.31. The van der Waals surface area contributed by atoms with Crippen LogP contribution in [0.4, 0.5) is 0 Å². The molecule has 2 aromatic rings. The Kier molecular flexibility index (Phi) is 4.99. The summed E-state index contributed by atoms with van der Waals surface area (Å²) in [7, 11) is 0. The number of amides is 1. The number of hydrogen-bond donors (Lipinski definition) is 1. The van der Waals surface area contributed by atoms with E-state index in [9.17, 15) is 14.7 Å². The van der Waals surface area contributed by atoms with E-state index < -0.39 is 0 Å². The standard InChI is InChI=1S/C19H20BrNO4/c1-11-16(17(20)12(2)25-11)19(24)21-9-7-14(8-10-21)18(23)13-3-5-15(22)6-4-13/h3-6,14,22H,7-10H2,1-2H3. The number of hydrogen-bond acceptors (Lipinski definition) is 4. The molecular weight excluding hydrogens is 386 g/mol. The first kappa shape index (κ1) is 17.7. The van der Waals surface area contributed by atoms with Crippen LogP contribution in [0.25, 0.3) is 0 Å². The summed E-state index contributed by atoms with van der Waals surface area (Å²) in [5, 5.41) is 9.33. The van der Waals surface area contributed by atoms with Crippen molar-refractivity contribution in [2.75, 3.05) is 13.1 Å². The predicted octanol–water partition coefficient (Wildman–Crippen LogP) is 4.10. The number of halogens is 1. The van der Waals surface area contributed by atoms with Crippen molar-refractivity contribution in [3.63, 3.8) is 0 Å². The van der Waals surface area contributed by atoms with Crippen LogP contribution in [0.15, 0.2) is 33.2 Å². The van der Waals surface area contributed by atoms with Crippen molar-refractivity contribution in [3.05, 3.63) is 51.4 Å². The van der Waals surface area contributed by atoms with E-state index >= 15 is 0 Å². The molecule has 0 aliphatic carbocycles. The molecule has 6 heteroatoms. The molecule has 0 saturated carbocycles. The van der Waals surface area contributed by atoms with Crippen LogP contribution >= 0.6 is 15.9 Å². The fraction of sp³-hybridized carbons (Fsp3) is 0.368. The summed E-state index contributed by atoms with van der Waals surface area (Å²) in [4.78, 5) is 27.1. The van der Waals surface area contributed by atoms with Gasteiger partial charge in [-0.05, 0) is 66.9 Å². The summed E-state index contributed by atoms with van der Waals surface area (Å²) in [6.07, 6.45) is 1.28. The summed E-state index contributed by atoms with van der Waals surface area (Å²) in [6.45, 7) is 4.69. The first-order chi connectivity index (χ1) is 11.9. The summed E-state index contributed by atoms with van der Waals surface area (Å²) in [6, 6.07) is 6.33. The van der Waals surface area contributed by atoms with Gasteiger partial charge in [-0.2, -0.15) is 0 Å². The van der Waals surface area contributed by atoms with Gasteiger partial charge in [0.2, 0.25) is 0 Å². The first-order valence-electron chi connectivity index (χ1n) is 8.26. The van der Waals surface area contributed by atoms with E-state index in [1.165, 1.54) is 12.1 Å². The quantitative estimate of drug-likeness (QED) is 0.780. The summed E-state index contributed by atoms with van der Waals surface area (Å²) in [5.41, 5.74) is 1.17. The van der Waals surface area contributed by atoms with Crippen LogP contribution in [0.1, 0.15) is 45.1 Å². The summed E-state index contributed by atoms with van der Waals surface area (Å²) < 4.78 is 6.22. The maximum atomic E-state index is 12.8. The SMILES string of the molecule is Cc1oc(C)c(C(=O)N2CCC(C(=O)c3ccc(O)cc3)CC2)c1Br. The molecule has 0 bridgehead atoms. The Morgan fingerprint density at radius 1 is 1.12 bits per heavy atom. The number of nitrogens with zero attached hydrogens (tertiary/aromatic N) is 1. The molecule has 1 aliphatic heterocycles. The van der Waals surface area contributed by atoms with Crippen LogP contribution in [0.2, 0.25) is 0 Å². The Labute approximate surface area is 154 Å². The van der Waals surface area contributed by atoms with E-state index in [0.29, 0.717) is 53.1 Å². The van der Waals surface area contributed by atoms with Crippen molar-refractivity contribution in [1.29, 1.82) is 0 Å². The number of carbonyl (C=O) groups is 2. The minimum Gasteiger partial charge on any atom is -0.508 e. The third kappa shape index (κ3) is 3.49. The Morgan fingerprint density at radius 2 is 1.72 bits per heavy atom. The first-order valence-corrected chi connectivity index (χ1v) is 9.05. The number of phenolic OH excluding ortho intramolecular Hbond substituents is 1. The molecule has 1 fully saturated rings. The zero-order valence-corrected chi connectivity index (χ0v) is 15.8. The number of furan rings is 1. The number of piperidine rings is 1. The number of rotatable bonds is 3. The van der Waals surface area contributed by atoms with E-state index in [-0.39, 0.29) is 23.4 Å². The van der Waals surface area contributed by atoms with Crippen molar-refractivity contribution in [3.8, 4) is 5.75 Å². The van der Waals surface area contributed by atoms with Gasteiger partial charge in [0.05, 0.1) is 10.0 Å². The molecule has 1 amide bonds. The summed E-state index contributed by atoms with van der Waals surface area (Å²) >= 11 is 3.42. The number of aryl methyl sites for hydroxylation is 2. The third-order valence-corrected chi connectivity index (χ3v) is 5.66. The van der Waals surface area contributed by atoms with Crippen LogP contribution in [-0.2, 0) is 0 Å². The monoisotopic (exact) mass is 405 g/mol. The lowest BCUT2D eigenvalue weighted by Crippen LogP contribution is -2.40. The van der Waals surface area contributed by atoms with E-state index in [1.807, 2.05) is 6.92 Å². The van der Waals surface area contributed by atoms with Crippen LogP contribution in [0.5, 0.6) is 5.75 Å². The molecule has 5 nitrogen and oxygen atoms in total. The molecular formula is C19H20BrNO4. The van der Waals surface area contributed by atoms with Gasteiger partial charge in [0.15, 0.2) is 5.78 Å². The molecule has 1 aromatic heterocycles. The second kappa shape index (κ2) is 7.04. The summed E-state index contributed by atoms with van der Waals surface area (Å²) in [5.74, 6) is 1.37. The smallest absolute Gasteiger partial charge is 0.258 e. The van der Waals surface area contributed by atoms with Gasteiger partial charge in [0.1, 0.15) is 17.3 Å². The number of benzene rings is 1. The highest BCUT2D eigenvalue weighted by Crippen LogP contribution is 2.30. The molecule has 3 rings (SSSR count). The maximum Gasteiger partial charge on any atom is 0.258 e. The number of aromatic hydroxyl groups is 1. The van der Waals surface area contributed by atoms with Crippen molar-refractivity contribution in [2.45, 2.75) is 26.7 Å². The molecule has 132 valence electrons. The third-order valence-electron chi connectivity index (χ3n) is 4.71. The van der Waals surface area contributed by atoms with E-state index in [1.54, 1.807) is 24.0 Å². The van der Waals surface area contributed by atoms with Gasteiger partial charge in [0.25, 0.3) is 5.91 Å². The molecule has 25 heavy (non-hydrogen) atoms. The van der Waals surface area contributed by atoms with Crippen molar-refractivity contribution in [1.82, 2.24) is 4.90 Å². The van der Waals surface area contributed by atoms with Crippen molar-refractivity contribution < 1.29 is 19.1 Å². The van der Waals surface area contributed by atoms with Gasteiger partial charge in [-0.25, -0.2) is 0 Å². The largest absolute Gasteiger partial charge is 0.508 e. The number of Topliss-reactive ketones (excluding diaryl/α,β-unsaturated/α-hetero) is 1. The zero-order valence-electron chi connectivity index (χ0n) is 14.2. The van der Waals surface area contributed by atoms with Crippen LogP contribution < -0.4 is 0 Å². The van der Waals surface area contributed by atoms with Crippen LogP contribution in [0, 0.1) is 19.8 Å². The fourth-order valence-electron chi connectivity index (χ4n) is 3.26. The second-order valence-electron chi connectivity index (χ2n) is 6.38. The predicted molar refractivity (Wildman–Crippen MR) is 96.9 cm³/mol. The molecule has 2 heterocycles. The topological polar surface area (TPSA) is 70.8 Å². The lowest BCUT2D eigenvalue weighted by atomic mass is 9.88. The van der Waals surface area contributed by atoms with Crippen molar-refractivity contribution in [2.24, 2.45) is 5.92 Å². The molecule has 0 unspecified atom stereocenters. The van der Waals surface area contributed by atoms with Crippen molar-refractivity contribution >= 4 is 27.6 Å². The van der Waals surface area contributed by atoms with Gasteiger partial charge >= 0.3 is 0 Å². The number of phenols is 1. The average molecular weight is 406 g/mol. The van der Waals surface area contributed by atoms with Gasteiger partial charge in [-0.1, -0.05) is 0 Å². The molecule has 0 spiro atoms. The van der Waals surface area contributed by atoms with Gasteiger partial charge in [0, 0.05) is 24.6 Å². The van der Waals surface area contributed by atoms with Gasteiger partial charge < -0.3 is 14.4 Å². The Morgan fingerprint density at radius 3 is 2.24 bits per heavy atom. The molecule has 1 saturated heterocycles. The van der Waals surface area contributed by atoms with Crippen LogP contribution in [-0.4, -0.2) is 34.8 Å². The van der Waals surface area contributed by atoms with E-state index in [0.717, 1.165) is 0 Å². The highest BCUT2D eigenvalue weighted by Gasteiger charge is 2.31. The average Bonchev–Trinajstić information content (AvgIpc) is 2.87. The van der Waals surface area contributed by atoms with Gasteiger partial charge in [-0.15, -0.1) is 0 Å².